The Morgan fingerprint density at radius 1 is 0.846 bits per heavy atom. The second-order valence-electron chi connectivity index (χ2n) is 10.1. The Balaban J connectivity index is -0.000000500. The molecule has 0 saturated heterocycles. The van der Waals surface area contributed by atoms with Crippen molar-refractivity contribution in [2.75, 3.05) is 0 Å². The topological polar surface area (TPSA) is 34.1 Å². The Labute approximate surface area is 240 Å². The zero-order valence-electron chi connectivity index (χ0n) is 27.5. The Hall–Kier alpha value is -2.81. The van der Waals surface area contributed by atoms with Crippen LogP contribution in [0.25, 0.3) is 5.57 Å². The van der Waals surface area contributed by atoms with Crippen molar-refractivity contribution in [1.82, 2.24) is 0 Å². The van der Waals surface area contributed by atoms with E-state index in [0.29, 0.717) is 11.1 Å². The lowest BCUT2D eigenvalue weighted by molar-refractivity contribution is -0.124. The minimum atomic E-state index is -0.249. The van der Waals surface area contributed by atoms with Crippen LogP contribution in [-0.2, 0) is 16.0 Å². The summed E-state index contributed by atoms with van der Waals surface area (Å²) in [5, 5.41) is 0. The number of allylic oxidation sites excluding steroid dienone is 4. The first-order valence-corrected chi connectivity index (χ1v) is 14.4. The molecule has 0 atom stereocenters. The Morgan fingerprint density at radius 2 is 1.31 bits per heavy atom. The zero-order valence-corrected chi connectivity index (χ0v) is 27.5. The van der Waals surface area contributed by atoms with E-state index in [0.717, 1.165) is 11.1 Å². The van der Waals surface area contributed by atoms with Gasteiger partial charge in [-0.1, -0.05) is 122 Å². The minimum absolute atomic E-state index is 0.00994. The third-order valence-corrected chi connectivity index (χ3v) is 5.52. The Bertz CT molecular complexity index is 1000. The third-order valence-electron chi connectivity index (χ3n) is 5.52. The van der Waals surface area contributed by atoms with Gasteiger partial charge in [-0.2, -0.15) is 0 Å². The number of hydrogen-bond donors (Lipinski definition) is 0. The summed E-state index contributed by atoms with van der Waals surface area (Å²) in [4.78, 5) is 22.0. The summed E-state index contributed by atoms with van der Waals surface area (Å²) in [5.41, 5.74) is 5.42. The molecule has 0 heterocycles. The van der Waals surface area contributed by atoms with E-state index in [1.54, 1.807) is 26.0 Å². The van der Waals surface area contributed by atoms with Crippen LogP contribution in [0.4, 0.5) is 4.39 Å². The lowest BCUT2D eigenvalue weighted by atomic mass is 9.92. The average Bonchev–Trinajstić information content (AvgIpc) is 2.87. The molecule has 2 nitrogen and oxygen atoms in total. The molecular weight excluding hydrogens is 483 g/mol. The number of hydrogen-bond acceptors (Lipinski definition) is 2. The van der Waals surface area contributed by atoms with Gasteiger partial charge in [-0.25, -0.2) is 4.39 Å². The highest BCUT2D eigenvalue weighted by atomic mass is 19.1. The van der Waals surface area contributed by atoms with Gasteiger partial charge in [0, 0.05) is 11.0 Å². The number of ketones is 2. The quantitative estimate of drug-likeness (QED) is 0.279. The van der Waals surface area contributed by atoms with Crippen molar-refractivity contribution in [1.29, 1.82) is 0 Å². The van der Waals surface area contributed by atoms with Crippen LogP contribution in [-0.4, -0.2) is 11.6 Å². The van der Waals surface area contributed by atoms with Crippen molar-refractivity contribution in [2.24, 2.45) is 5.41 Å². The molecule has 0 aliphatic carbocycles. The van der Waals surface area contributed by atoms with Crippen molar-refractivity contribution in [2.45, 2.75) is 116 Å². The second kappa shape index (κ2) is 23.1. The van der Waals surface area contributed by atoms with Gasteiger partial charge in [-0.05, 0) is 76.3 Å². The molecule has 0 aliphatic heterocycles. The SMILES string of the molecule is C/C=C(\C(=C/C)C(C)=O)c1cccc(F)c1C.CC.CC(=O)C(C)(C)C.CCC.CCCc1ccc(C)cc1. The lowest BCUT2D eigenvalue weighted by Crippen LogP contribution is -2.15. The van der Waals surface area contributed by atoms with Gasteiger partial charge in [0.2, 0.25) is 0 Å². The van der Waals surface area contributed by atoms with Gasteiger partial charge < -0.3 is 0 Å². The molecule has 2 rings (SSSR count). The predicted molar refractivity (Wildman–Crippen MR) is 172 cm³/mol. The van der Waals surface area contributed by atoms with Crippen LogP contribution in [0.3, 0.4) is 0 Å². The monoisotopic (exact) mass is 540 g/mol. The molecule has 3 heteroatoms. The van der Waals surface area contributed by atoms with E-state index >= 15 is 0 Å². The molecule has 2 aromatic carbocycles. The number of halogens is 1. The van der Waals surface area contributed by atoms with Crippen LogP contribution in [0.1, 0.15) is 118 Å². The van der Waals surface area contributed by atoms with E-state index in [4.69, 9.17) is 0 Å². The van der Waals surface area contributed by atoms with Gasteiger partial charge in [0.25, 0.3) is 0 Å². The highest BCUT2D eigenvalue weighted by Crippen LogP contribution is 2.27. The number of rotatable bonds is 5. The standard InChI is InChI=1S/C15H17FO.C10H14.C6H12O.C3H8.C2H6/c1-5-12(11(4)17)13(6-2)14-8-7-9-15(16)10(14)3;1-3-4-10-7-5-9(2)6-8-10;1-5(7)6(2,3)4;1-3-2;1-2/h5-9H,1-4H3;5-8H,3-4H2,1-2H3;1-4H3;3H2,1-2H3;1-2H3/b12-5-,13-6+;;;;. The van der Waals surface area contributed by atoms with Crippen molar-refractivity contribution < 1.29 is 14.0 Å². The van der Waals surface area contributed by atoms with Gasteiger partial charge in [0.1, 0.15) is 11.6 Å². The maximum absolute atomic E-state index is 13.5. The van der Waals surface area contributed by atoms with Crippen LogP contribution in [0, 0.1) is 25.1 Å². The molecule has 0 aromatic heterocycles. The molecule has 2 aromatic rings. The van der Waals surface area contributed by atoms with Crippen molar-refractivity contribution in [3.8, 4) is 0 Å². The maximum Gasteiger partial charge on any atom is 0.160 e. The van der Waals surface area contributed by atoms with Crippen LogP contribution in [0.5, 0.6) is 0 Å². The fraction of sp³-hybridized carbons (Fsp3) is 0.500. The first-order valence-electron chi connectivity index (χ1n) is 14.4. The fourth-order valence-corrected chi connectivity index (χ4v) is 2.95. The highest BCUT2D eigenvalue weighted by Gasteiger charge is 2.15. The van der Waals surface area contributed by atoms with Crippen LogP contribution in [0.2, 0.25) is 0 Å². The Kier molecular flexibility index (Phi) is 24.1. The summed E-state index contributed by atoms with van der Waals surface area (Å²) in [6, 6.07) is 13.7. The molecule has 0 N–H and O–H groups in total. The smallest absolute Gasteiger partial charge is 0.160 e. The summed E-state index contributed by atoms with van der Waals surface area (Å²) >= 11 is 0. The lowest BCUT2D eigenvalue weighted by Gasteiger charge is -2.12. The molecule has 0 unspecified atom stereocenters. The fourth-order valence-electron chi connectivity index (χ4n) is 2.95. The second-order valence-corrected chi connectivity index (χ2v) is 10.1. The third kappa shape index (κ3) is 18.2. The molecule has 0 saturated carbocycles. The summed E-state index contributed by atoms with van der Waals surface area (Å²) in [5.74, 6) is -0.0161. The van der Waals surface area contributed by atoms with Crippen LogP contribution < -0.4 is 0 Å². The van der Waals surface area contributed by atoms with Crippen molar-refractivity contribution in [3.05, 3.63) is 88.3 Å². The molecule has 0 radical (unpaired) electrons. The van der Waals surface area contributed by atoms with Gasteiger partial charge in [-0.3, -0.25) is 9.59 Å². The molecule has 0 spiro atoms. The van der Waals surface area contributed by atoms with Gasteiger partial charge in [0.05, 0.1) is 0 Å². The van der Waals surface area contributed by atoms with Gasteiger partial charge in [-0.15, -0.1) is 0 Å². The van der Waals surface area contributed by atoms with Gasteiger partial charge >= 0.3 is 0 Å². The summed E-state index contributed by atoms with van der Waals surface area (Å²) in [6.45, 7) is 26.8. The molecular formula is C36H57FO2. The zero-order chi connectivity index (χ0) is 31.2. The first kappa shape index (κ1) is 40.7. The summed E-state index contributed by atoms with van der Waals surface area (Å²) in [6.07, 6.45) is 7.31. The summed E-state index contributed by atoms with van der Waals surface area (Å²) < 4.78 is 13.5. The van der Waals surface area contributed by atoms with Gasteiger partial charge in [0.15, 0.2) is 5.78 Å². The number of carbonyl (C=O) groups is 2. The Morgan fingerprint density at radius 3 is 1.64 bits per heavy atom. The van der Waals surface area contributed by atoms with Crippen molar-refractivity contribution in [3.63, 3.8) is 0 Å². The molecule has 220 valence electrons. The number of aryl methyl sites for hydroxylation is 2. The molecule has 0 aliphatic rings. The molecule has 39 heavy (non-hydrogen) atoms. The predicted octanol–water partition coefficient (Wildman–Crippen LogP) is 11.1. The highest BCUT2D eigenvalue weighted by molar-refractivity contribution is 6.09. The van der Waals surface area contributed by atoms with E-state index in [9.17, 15) is 14.0 Å². The molecule has 0 fully saturated rings. The number of benzene rings is 2. The van der Waals surface area contributed by atoms with Crippen LogP contribution >= 0.6 is 0 Å². The van der Waals surface area contributed by atoms with Crippen molar-refractivity contribution >= 4 is 17.1 Å². The largest absolute Gasteiger partial charge is 0.299 e. The molecule has 0 amide bonds. The number of carbonyl (C=O) groups excluding carboxylic acids is 2. The van der Waals surface area contributed by atoms with Crippen LogP contribution in [0.15, 0.2) is 60.2 Å². The van der Waals surface area contributed by atoms with E-state index < -0.39 is 0 Å². The maximum atomic E-state index is 13.5. The molecule has 0 bridgehead atoms. The average molecular weight is 541 g/mol. The summed E-state index contributed by atoms with van der Waals surface area (Å²) in [7, 11) is 0. The number of Topliss-reactive ketones (excluding diaryl/α,β-unsaturated/α-hetero) is 2. The normalized spacial score (nSPS) is 10.7. The van der Waals surface area contributed by atoms with E-state index in [1.807, 2.05) is 60.6 Å². The minimum Gasteiger partial charge on any atom is -0.299 e. The van der Waals surface area contributed by atoms with E-state index in [-0.39, 0.29) is 22.8 Å². The van der Waals surface area contributed by atoms with E-state index in [1.165, 1.54) is 43.4 Å². The van der Waals surface area contributed by atoms with E-state index in [2.05, 4.69) is 52.0 Å². The first-order chi connectivity index (χ1) is 18.2.